The van der Waals surface area contributed by atoms with Gasteiger partial charge in [-0.15, -0.1) is 0 Å². The molecule has 4 aliphatic rings. The first-order valence-electron chi connectivity index (χ1n) is 13.7. The molecule has 3 atom stereocenters. The van der Waals surface area contributed by atoms with Crippen LogP contribution in [0.15, 0.2) is 71.2 Å². The summed E-state index contributed by atoms with van der Waals surface area (Å²) in [5.74, 6) is 1.60. The van der Waals surface area contributed by atoms with Gasteiger partial charge in [-0.3, -0.25) is 9.79 Å². The number of pyridine rings is 1. The number of ether oxygens (including phenoxy) is 2. The molecular weight excluding hydrogens is 575 g/mol. The number of nitrogens with zero attached hydrogens (tertiary/aromatic N) is 7. The first-order chi connectivity index (χ1) is 20.9. The molecule has 1 N–H and O–H groups in total. The summed E-state index contributed by atoms with van der Waals surface area (Å²) in [5, 5.41) is 2.83. The molecular formula is C30H26ClFN8O3. The van der Waals surface area contributed by atoms with Gasteiger partial charge in [0.2, 0.25) is 5.91 Å². The van der Waals surface area contributed by atoms with Gasteiger partial charge < -0.3 is 24.6 Å². The van der Waals surface area contributed by atoms with Crippen molar-refractivity contribution >= 4 is 57.9 Å². The number of rotatable bonds is 7. The van der Waals surface area contributed by atoms with Crippen LogP contribution in [0.4, 0.5) is 21.7 Å². The summed E-state index contributed by atoms with van der Waals surface area (Å²) in [6.07, 6.45) is 10.5. The third kappa shape index (κ3) is 4.77. The maximum absolute atomic E-state index is 15.5. The minimum absolute atomic E-state index is 0.0649. The molecule has 7 rings (SSSR count). The third-order valence-electron chi connectivity index (χ3n) is 8.08. The highest BCUT2D eigenvalue weighted by atomic mass is 35.5. The summed E-state index contributed by atoms with van der Waals surface area (Å²) in [6, 6.07) is 4.82. The Labute approximate surface area is 251 Å². The van der Waals surface area contributed by atoms with Gasteiger partial charge in [-0.05, 0) is 30.7 Å². The number of anilines is 3. The number of fused-ring (bicyclic) bond motifs is 3. The monoisotopic (exact) mass is 600 g/mol. The molecule has 11 nitrogen and oxygen atoms in total. The van der Waals surface area contributed by atoms with E-state index in [2.05, 4.69) is 36.7 Å². The Morgan fingerprint density at radius 2 is 2.14 bits per heavy atom. The summed E-state index contributed by atoms with van der Waals surface area (Å²) < 4.78 is 27.1. The fourth-order valence-electron chi connectivity index (χ4n) is 5.95. The van der Waals surface area contributed by atoms with E-state index in [1.54, 1.807) is 31.4 Å². The van der Waals surface area contributed by atoms with Crippen LogP contribution in [0.1, 0.15) is 6.42 Å². The highest BCUT2D eigenvalue weighted by Gasteiger charge is 2.43. The Bertz CT molecular complexity index is 1790. The molecule has 2 fully saturated rings. The van der Waals surface area contributed by atoms with Crippen molar-refractivity contribution in [2.75, 3.05) is 37.0 Å². The Morgan fingerprint density at radius 1 is 1.26 bits per heavy atom. The van der Waals surface area contributed by atoms with Crippen molar-refractivity contribution in [3.63, 3.8) is 0 Å². The van der Waals surface area contributed by atoms with Crippen LogP contribution in [0.2, 0.25) is 5.02 Å². The fourth-order valence-corrected chi connectivity index (χ4v) is 6.16. The number of aromatic nitrogens is 3. The van der Waals surface area contributed by atoms with Crippen molar-refractivity contribution in [1.29, 1.82) is 0 Å². The number of amides is 1. The second-order valence-electron chi connectivity index (χ2n) is 10.5. The number of likely N-dealkylation sites (tertiary alicyclic amines) is 1. The number of allylic oxidation sites excluding steroid dienone is 1. The maximum atomic E-state index is 15.5. The molecule has 3 aliphatic heterocycles. The van der Waals surface area contributed by atoms with Crippen LogP contribution in [0.5, 0.6) is 11.5 Å². The van der Waals surface area contributed by atoms with E-state index in [1.807, 2.05) is 11.0 Å². The lowest BCUT2D eigenvalue weighted by atomic mass is 10.1. The van der Waals surface area contributed by atoms with Gasteiger partial charge in [0.15, 0.2) is 23.2 Å². The number of carbonyl (C=O) groups is 1. The zero-order valence-electron chi connectivity index (χ0n) is 23.1. The molecule has 13 heteroatoms. The lowest BCUT2D eigenvalue weighted by Gasteiger charge is -2.25. The quantitative estimate of drug-likeness (QED) is 0.395. The summed E-state index contributed by atoms with van der Waals surface area (Å²) in [6.45, 7) is 5.68. The maximum Gasteiger partial charge on any atom is 0.246 e. The van der Waals surface area contributed by atoms with Crippen LogP contribution in [-0.4, -0.2) is 76.6 Å². The van der Waals surface area contributed by atoms with Gasteiger partial charge in [0.25, 0.3) is 0 Å². The highest BCUT2D eigenvalue weighted by Crippen LogP contribution is 2.40. The molecule has 0 radical (unpaired) electrons. The van der Waals surface area contributed by atoms with Gasteiger partial charge in [-0.25, -0.2) is 24.3 Å². The molecule has 218 valence electrons. The van der Waals surface area contributed by atoms with Gasteiger partial charge in [0.05, 0.1) is 30.1 Å². The van der Waals surface area contributed by atoms with Crippen molar-refractivity contribution < 1.29 is 18.7 Å². The highest BCUT2D eigenvalue weighted by molar-refractivity contribution is 6.32. The van der Waals surface area contributed by atoms with E-state index < -0.39 is 5.82 Å². The molecule has 2 saturated heterocycles. The Balaban J connectivity index is 1.16. The summed E-state index contributed by atoms with van der Waals surface area (Å²) in [5.41, 5.74) is 1.77. The van der Waals surface area contributed by atoms with Crippen LogP contribution in [0.3, 0.4) is 0 Å². The number of hydrogen-bond acceptors (Lipinski definition) is 10. The molecule has 0 spiro atoms. The average Bonchev–Trinajstić information content (AvgIpc) is 3.76. The predicted molar refractivity (Wildman–Crippen MR) is 162 cm³/mol. The van der Waals surface area contributed by atoms with E-state index in [4.69, 9.17) is 26.1 Å². The van der Waals surface area contributed by atoms with E-state index in [-0.39, 0.29) is 34.5 Å². The first-order valence-corrected chi connectivity index (χ1v) is 14.1. The average molecular weight is 601 g/mol. The normalized spacial score (nSPS) is 21.9. The van der Waals surface area contributed by atoms with Crippen LogP contribution in [0.25, 0.3) is 11.0 Å². The Kier molecular flexibility index (Phi) is 6.77. The van der Waals surface area contributed by atoms with Gasteiger partial charge in [0, 0.05) is 37.7 Å². The second-order valence-corrected chi connectivity index (χ2v) is 10.9. The molecule has 3 unspecified atom stereocenters. The molecule has 1 aliphatic carbocycles. The Hall–Kier alpha value is -4.84. The smallest absolute Gasteiger partial charge is 0.246 e. The summed E-state index contributed by atoms with van der Waals surface area (Å²) >= 11 is 6.40. The topological polar surface area (TPSA) is 117 Å². The first kappa shape index (κ1) is 27.0. The molecule has 1 amide bonds. The molecule has 43 heavy (non-hydrogen) atoms. The molecule has 1 aromatic carbocycles. The van der Waals surface area contributed by atoms with Crippen molar-refractivity contribution in [3.05, 3.63) is 72.0 Å². The van der Waals surface area contributed by atoms with Crippen molar-refractivity contribution in [2.45, 2.75) is 18.5 Å². The number of methoxy groups -OCH3 is 1. The van der Waals surface area contributed by atoms with E-state index in [0.717, 1.165) is 25.2 Å². The number of carbonyl (C=O) groups excluding carboxylic acids is 1. The number of nitrogens with one attached hydrogen (secondary N) is 1. The molecule has 0 bridgehead atoms. The van der Waals surface area contributed by atoms with Crippen molar-refractivity contribution in [2.24, 2.45) is 15.9 Å². The largest absolute Gasteiger partial charge is 0.493 e. The summed E-state index contributed by atoms with van der Waals surface area (Å²) in [7, 11) is 1.57. The number of aliphatic imine (C=N–C) groups is 2. The fraction of sp³-hybridized carbons (Fsp3) is 0.267. The minimum Gasteiger partial charge on any atom is -0.493 e. The van der Waals surface area contributed by atoms with Crippen molar-refractivity contribution in [1.82, 2.24) is 19.9 Å². The molecule has 0 saturated carbocycles. The standard InChI is InChI=1S/C30H26ClFN8O3/c1-3-25(41)40-9-8-16-12-39(13-22(16)40)30-24(42-2)11-21-28(38-30)29(36-15-35-21)37-19-6-7-23(26(31)27(19)32)43-17-4-5-18-20(10-17)34-14-33-18/h3-7,10-11,14-16,18,22H,1,8-9,12-13H2,2H3,(H,35,36,37). The van der Waals surface area contributed by atoms with Gasteiger partial charge >= 0.3 is 0 Å². The SMILES string of the molecule is C=CC(=O)N1CCC2CN(c3nc4c(Nc5ccc(OC6=CC7=NC=NC7C=C6)c(Cl)c5F)ncnc4cc3OC)CC21. The van der Waals surface area contributed by atoms with E-state index >= 15 is 4.39 Å². The minimum atomic E-state index is -0.709. The summed E-state index contributed by atoms with van der Waals surface area (Å²) in [4.78, 5) is 38.4. The number of halogens is 2. The lowest BCUT2D eigenvalue weighted by molar-refractivity contribution is -0.126. The van der Waals surface area contributed by atoms with Crippen LogP contribution < -0.4 is 19.7 Å². The second kappa shape index (κ2) is 10.8. The van der Waals surface area contributed by atoms with Crippen LogP contribution >= 0.6 is 11.6 Å². The number of benzene rings is 1. The van der Waals surface area contributed by atoms with Gasteiger partial charge in [0.1, 0.15) is 40.8 Å². The van der Waals surface area contributed by atoms with E-state index in [0.29, 0.717) is 46.6 Å². The Morgan fingerprint density at radius 3 is 2.98 bits per heavy atom. The van der Waals surface area contributed by atoms with Crippen LogP contribution in [-0.2, 0) is 4.79 Å². The third-order valence-corrected chi connectivity index (χ3v) is 8.43. The zero-order chi connectivity index (χ0) is 29.7. The molecule has 5 heterocycles. The predicted octanol–water partition coefficient (Wildman–Crippen LogP) is 4.48. The number of hydrogen-bond donors (Lipinski definition) is 1. The zero-order valence-corrected chi connectivity index (χ0v) is 23.8. The van der Waals surface area contributed by atoms with Crippen molar-refractivity contribution in [3.8, 4) is 11.5 Å². The van der Waals surface area contributed by atoms with Gasteiger partial charge in [-0.1, -0.05) is 24.3 Å². The van der Waals surface area contributed by atoms with E-state index in [1.165, 1.54) is 24.8 Å². The lowest BCUT2D eigenvalue weighted by Crippen LogP contribution is -2.38. The van der Waals surface area contributed by atoms with Crippen LogP contribution in [0, 0.1) is 11.7 Å². The molecule has 3 aromatic rings. The van der Waals surface area contributed by atoms with Gasteiger partial charge in [-0.2, -0.15) is 0 Å². The van der Waals surface area contributed by atoms with E-state index in [9.17, 15) is 4.79 Å². The molecule has 2 aromatic heterocycles.